The van der Waals surface area contributed by atoms with Gasteiger partial charge in [0.2, 0.25) is 0 Å². The first kappa shape index (κ1) is 69.6. The van der Waals surface area contributed by atoms with Crippen molar-refractivity contribution in [3.63, 3.8) is 0 Å². The molecule has 448 valence electrons. The van der Waals surface area contributed by atoms with E-state index in [4.69, 9.17) is 52.1 Å². The van der Waals surface area contributed by atoms with E-state index < -0.39 is 117 Å². The third-order valence-corrected chi connectivity index (χ3v) is 12.4. The maximum absolute atomic E-state index is 13.8. The van der Waals surface area contributed by atoms with Crippen LogP contribution in [-0.2, 0) is 105 Å². The highest BCUT2D eigenvalue weighted by molar-refractivity contribution is 7.88. The minimum atomic E-state index is -4.88. The van der Waals surface area contributed by atoms with Gasteiger partial charge in [0.1, 0.15) is 47.7 Å². The molecule has 2 rings (SSSR count). The fraction of sp³-hybridized carbons (Fsp3) is 0.654. The first-order chi connectivity index (χ1) is 36.7. The summed E-state index contributed by atoms with van der Waals surface area (Å²) in [7, 11) is -9.76. The third kappa shape index (κ3) is 31.8. The summed E-state index contributed by atoms with van der Waals surface area (Å²) in [6.07, 6.45) is -4.17. The lowest BCUT2D eigenvalue weighted by Crippen LogP contribution is -2.54. The number of ether oxygens (including phenoxy) is 11. The zero-order valence-corrected chi connectivity index (χ0v) is 49.2. The number of hydrogen-bond donors (Lipinski definition) is 2. The second kappa shape index (κ2) is 33.3. The zero-order valence-electron chi connectivity index (χ0n) is 47.5. The van der Waals surface area contributed by atoms with Gasteiger partial charge in [-0.25, -0.2) is 19.0 Å². The van der Waals surface area contributed by atoms with E-state index in [1.807, 2.05) is 0 Å². The minimum absolute atomic E-state index is 0.0282. The molecule has 2 aromatic rings. The largest absolute Gasteiger partial charge is 0.460 e. The fourth-order valence-electron chi connectivity index (χ4n) is 6.44. The maximum atomic E-state index is 13.8. The Morgan fingerprint density at radius 2 is 0.684 bits per heavy atom. The van der Waals surface area contributed by atoms with Gasteiger partial charge < -0.3 is 52.1 Å². The molecule has 2 atom stereocenters. The number of nitrogens with zero attached hydrogens (tertiary/aromatic N) is 2. The van der Waals surface area contributed by atoms with Crippen LogP contribution in [0.3, 0.4) is 0 Å². The molecule has 0 aliphatic rings. The fourth-order valence-corrected chi connectivity index (χ4v) is 8.83. The minimum Gasteiger partial charge on any atom is -0.460 e. The van der Waals surface area contributed by atoms with E-state index in [1.54, 1.807) is 153 Å². The van der Waals surface area contributed by atoms with Crippen molar-refractivity contribution in [3.05, 3.63) is 71.8 Å². The maximum Gasteiger partial charge on any atom is 0.422 e. The summed E-state index contributed by atoms with van der Waals surface area (Å²) in [5.74, 6) is -3.95. The van der Waals surface area contributed by atoms with Gasteiger partial charge in [0.05, 0.1) is 78.9 Å². The molecule has 27 heteroatoms. The highest BCUT2D eigenvalue weighted by atomic mass is 32.2. The lowest BCUT2D eigenvalue weighted by Gasteiger charge is -2.31. The van der Waals surface area contributed by atoms with Crippen LogP contribution in [0.4, 0.5) is 9.59 Å². The molecule has 0 aromatic heterocycles. The number of amides is 2. The van der Waals surface area contributed by atoms with Crippen LogP contribution in [0, 0.1) is 0 Å². The number of rotatable bonds is 34. The van der Waals surface area contributed by atoms with Gasteiger partial charge in [0.15, 0.2) is 0 Å². The van der Waals surface area contributed by atoms with Crippen molar-refractivity contribution < 1.29 is 97.7 Å². The first-order valence-corrected chi connectivity index (χ1v) is 28.3. The molecule has 0 aliphatic carbocycles. The molecule has 0 unspecified atom stereocenters. The predicted molar refractivity (Wildman–Crippen MR) is 285 cm³/mol. The Balaban J connectivity index is 1.92. The smallest absolute Gasteiger partial charge is 0.422 e. The van der Waals surface area contributed by atoms with Crippen molar-refractivity contribution in [1.29, 1.82) is 0 Å². The average Bonchev–Trinajstić information content (AvgIpc) is 3.30. The van der Waals surface area contributed by atoms with Crippen LogP contribution in [0.5, 0.6) is 0 Å². The number of carbonyl (C=O) groups is 6. The van der Waals surface area contributed by atoms with E-state index in [0.29, 0.717) is 19.7 Å². The number of carbonyl (C=O) groups excluding carboxylic acids is 6. The number of hydrogen-bond acceptors (Lipinski definition) is 21. The third-order valence-electron chi connectivity index (χ3n) is 9.48. The molecule has 0 aliphatic heterocycles. The van der Waals surface area contributed by atoms with E-state index in [1.165, 1.54) is 0 Å². The van der Waals surface area contributed by atoms with E-state index in [9.17, 15) is 45.6 Å². The molecule has 2 aromatic carbocycles. The molecule has 0 radical (unpaired) electrons. The predicted octanol–water partition coefficient (Wildman–Crippen LogP) is 4.90. The van der Waals surface area contributed by atoms with Crippen LogP contribution in [0.25, 0.3) is 0 Å². The molecule has 0 saturated carbocycles. The summed E-state index contributed by atoms with van der Waals surface area (Å²) < 4.78 is 120. The normalized spacial score (nSPS) is 13.2. The van der Waals surface area contributed by atoms with Gasteiger partial charge in [-0.3, -0.25) is 19.2 Å². The molecule has 0 saturated heterocycles. The van der Waals surface area contributed by atoms with E-state index in [0.717, 1.165) is 0 Å². The Labute approximate surface area is 465 Å². The Kier molecular flexibility index (Phi) is 29.3. The molecule has 2 amide bonds. The second-order valence-electron chi connectivity index (χ2n) is 21.3. The number of esters is 4. The summed E-state index contributed by atoms with van der Waals surface area (Å²) in [5.41, 5.74) is -2.95. The molecule has 0 fully saturated rings. The van der Waals surface area contributed by atoms with E-state index in [-0.39, 0.29) is 79.3 Å². The lowest BCUT2D eigenvalue weighted by molar-refractivity contribution is -0.167. The van der Waals surface area contributed by atoms with E-state index in [2.05, 4.69) is 0 Å². The average molecular weight is 1160 g/mol. The summed E-state index contributed by atoms with van der Waals surface area (Å²) in [6, 6.07) is 13.5. The number of nitrogens with one attached hydrogen (secondary N) is 2. The van der Waals surface area contributed by atoms with Crippen molar-refractivity contribution in [2.45, 2.75) is 144 Å². The molecular formula is C52H82N4O21S2. The molecule has 79 heavy (non-hydrogen) atoms. The van der Waals surface area contributed by atoms with Crippen LogP contribution >= 0.6 is 0 Å². The topological polar surface area (TPSA) is 303 Å². The molecular weight excluding hydrogens is 1080 g/mol. The van der Waals surface area contributed by atoms with Crippen LogP contribution < -0.4 is 9.44 Å². The molecule has 0 spiro atoms. The molecule has 0 heterocycles. The van der Waals surface area contributed by atoms with Gasteiger partial charge in [-0.15, -0.1) is 0 Å². The van der Waals surface area contributed by atoms with Crippen molar-refractivity contribution in [2.24, 2.45) is 0 Å². The van der Waals surface area contributed by atoms with Crippen molar-refractivity contribution in [3.8, 4) is 0 Å². The molecule has 2 N–H and O–H groups in total. The van der Waals surface area contributed by atoms with Crippen LogP contribution in [0.1, 0.15) is 107 Å². The second-order valence-corrected chi connectivity index (χ2v) is 24.5. The summed E-state index contributed by atoms with van der Waals surface area (Å²) in [6.45, 7) is 17.5. The highest BCUT2D eigenvalue weighted by Crippen LogP contribution is 2.22. The summed E-state index contributed by atoms with van der Waals surface area (Å²) >= 11 is 0. The highest BCUT2D eigenvalue weighted by Gasteiger charge is 2.42. The summed E-state index contributed by atoms with van der Waals surface area (Å²) in [5, 5.41) is 0. The van der Waals surface area contributed by atoms with Gasteiger partial charge in [-0.2, -0.15) is 25.4 Å². The van der Waals surface area contributed by atoms with Gasteiger partial charge in [0.25, 0.3) is 0 Å². The summed E-state index contributed by atoms with van der Waals surface area (Å²) in [4.78, 5) is 78.6. The monoisotopic (exact) mass is 1160 g/mol. The van der Waals surface area contributed by atoms with Gasteiger partial charge in [-0.1, -0.05) is 60.7 Å². The van der Waals surface area contributed by atoms with Crippen molar-refractivity contribution in [1.82, 2.24) is 18.1 Å². The quantitative estimate of drug-likeness (QED) is 0.0535. The van der Waals surface area contributed by atoms with Gasteiger partial charge in [0, 0.05) is 13.1 Å². The Morgan fingerprint density at radius 1 is 0.418 bits per heavy atom. The van der Waals surface area contributed by atoms with Crippen LogP contribution in [0.15, 0.2) is 60.7 Å². The SMILES string of the molecule is CC(C)(C)OC(=O)C[C@@H](C(=O)OC(C)(C)C)N(CCOCCOCCOCCOCCOCCN([C@@H](CC(=O)OC(C)(C)C)C(=O)OC(C)(C)C)S(=O)(=O)NC(=O)OCc1ccccc1)S(=O)(=O)NC(=O)OCc1ccccc1. The molecule has 0 bridgehead atoms. The standard InChI is InChI=1S/C52H82N4O21S2/c1-49(2,3)74-43(57)35-41(45(59)76-51(7,8)9)55(78(63,64)53-47(61)72-37-39-19-15-13-16-20-39)23-25-67-27-29-69-31-33-71-34-32-70-30-28-68-26-24-56(79(65,66)54-48(62)73-38-40-21-17-14-18-22-40)42(46(60)77-52(10,11)12)36-44(58)75-50(4,5)6/h13-22,41-42H,23-38H2,1-12H3,(H,53,61)(H,54,62)/t41-,42-/m0/s1. The Hall–Kier alpha value is -5.52. The van der Waals surface area contributed by atoms with Gasteiger partial charge in [-0.05, 0) is 94.2 Å². The van der Waals surface area contributed by atoms with Crippen LogP contribution in [0.2, 0.25) is 0 Å². The Bertz CT molecular complexity index is 2250. The Morgan fingerprint density at radius 3 is 0.949 bits per heavy atom. The van der Waals surface area contributed by atoms with Crippen molar-refractivity contribution in [2.75, 3.05) is 79.2 Å². The molecule has 25 nitrogen and oxygen atoms in total. The van der Waals surface area contributed by atoms with Crippen LogP contribution in [-0.4, -0.2) is 175 Å². The van der Waals surface area contributed by atoms with Gasteiger partial charge >= 0.3 is 56.5 Å². The lowest BCUT2D eigenvalue weighted by atomic mass is 10.1. The zero-order chi connectivity index (χ0) is 59.5. The van der Waals surface area contributed by atoms with Crippen molar-refractivity contribution >= 4 is 56.5 Å². The van der Waals surface area contributed by atoms with E-state index >= 15 is 0 Å². The number of benzene rings is 2. The first-order valence-electron chi connectivity index (χ1n) is 25.4.